The van der Waals surface area contributed by atoms with Gasteiger partial charge in [0.25, 0.3) is 5.91 Å². The second kappa shape index (κ2) is 8.40. The Morgan fingerprint density at radius 2 is 1.89 bits per heavy atom. The van der Waals surface area contributed by atoms with Gasteiger partial charge in [-0.1, -0.05) is 30.3 Å². The molecule has 5 nitrogen and oxygen atoms in total. The molecule has 3 rings (SSSR count). The van der Waals surface area contributed by atoms with Crippen LogP contribution in [0.5, 0.6) is 0 Å². The third kappa shape index (κ3) is 4.88. The van der Waals surface area contributed by atoms with Crippen molar-refractivity contribution >= 4 is 17.4 Å². The van der Waals surface area contributed by atoms with Crippen LogP contribution in [-0.2, 0) is 6.42 Å². The summed E-state index contributed by atoms with van der Waals surface area (Å²) in [6.45, 7) is 4.40. The molecule has 1 heterocycles. The maximum Gasteiger partial charge on any atom is 0.274 e. The Hall–Kier alpha value is -3.28. The highest BCUT2D eigenvalue weighted by molar-refractivity contribution is 6.03. The molecule has 0 bridgehead atoms. The summed E-state index contributed by atoms with van der Waals surface area (Å²) in [5, 5.41) is 5.98. The predicted molar refractivity (Wildman–Crippen MR) is 104 cm³/mol. The average Bonchev–Trinajstić information content (AvgIpc) is 2.66. The zero-order valence-electron chi connectivity index (χ0n) is 15.3. The lowest BCUT2D eigenvalue weighted by molar-refractivity contribution is 0.102. The van der Waals surface area contributed by atoms with Crippen molar-refractivity contribution in [2.75, 3.05) is 17.2 Å². The minimum Gasteiger partial charge on any atom is -0.370 e. The molecule has 0 aliphatic carbocycles. The molecule has 3 aromatic rings. The SMILES string of the molecule is Cc1ccc(C)c(NC(=O)c2cc(NCCc3ccccc3F)ncn2)c1. The van der Waals surface area contributed by atoms with Crippen LogP contribution in [0.3, 0.4) is 0 Å². The van der Waals surface area contributed by atoms with E-state index in [2.05, 4.69) is 20.6 Å². The standard InChI is InChI=1S/C21H21FN4O/c1-14-7-8-15(2)18(11-14)26-21(27)19-12-20(25-13-24-19)23-10-9-16-5-3-4-6-17(16)22/h3-8,11-13H,9-10H2,1-2H3,(H,26,27)(H,23,24,25). The lowest BCUT2D eigenvalue weighted by atomic mass is 10.1. The van der Waals surface area contributed by atoms with Crippen LogP contribution in [0, 0.1) is 19.7 Å². The van der Waals surface area contributed by atoms with Crippen molar-refractivity contribution in [1.29, 1.82) is 0 Å². The van der Waals surface area contributed by atoms with Gasteiger partial charge >= 0.3 is 0 Å². The number of hydrogen-bond acceptors (Lipinski definition) is 4. The van der Waals surface area contributed by atoms with E-state index >= 15 is 0 Å². The average molecular weight is 364 g/mol. The summed E-state index contributed by atoms with van der Waals surface area (Å²) in [5.41, 5.74) is 3.69. The first-order valence-corrected chi connectivity index (χ1v) is 8.71. The molecule has 27 heavy (non-hydrogen) atoms. The molecular formula is C21H21FN4O. The lowest BCUT2D eigenvalue weighted by Crippen LogP contribution is -2.16. The molecule has 6 heteroatoms. The lowest BCUT2D eigenvalue weighted by Gasteiger charge is -2.10. The van der Waals surface area contributed by atoms with Crippen LogP contribution in [0.25, 0.3) is 0 Å². The molecule has 0 atom stereocenters. The molecule has 0 aliphatic rings. The number of rotatable bonds is 6. The largest absolute Gasteiger partial charge is 0.370 e. The first-order valence-electron chi connectivity index (χ1n) is 8.71. The van der Waals surface area contributed by atoms with Gasteiger partial charge in [0.1, 0.15) is 23.7 Å². The summed E-state index contributed by atoms with van der Waals surface area (Å²) in [6, 6.07) is 14.1. The Bertz CT molecular complexity index is 958. The predicted octanol–water partition coefficient (Wildman–Crippen LogP) is 4.14. The van der Waals surface area contributed by atoms with Gasteiger partial charge < -0.3 is 10.6 Å². The number of carbonyl (C=O) groups excluding carboxylic acids is 1. The molecule has 0 fully saturated rings. The molecule has 0 radical (unpaired) electrons. The van der Waals surface area contributed by atoms with Crippen LogP contribution in [-0.4, -0.2) is 22.4 Å². The van der Waals surface area contributed by atoms with Gasteiger partial charge in [-0.15, -0.1) is 0 Å². The van der Waals surface area contributed by atoms with Crippen molar-refractivity contribution in [3.63, 3.8) is 0 Å². The normalized spacial score (nSPS) is 10.5. The molecule has 0 saturated heterocycles. The van der Waals surface area contributed by atoms with Crippen molar-refractivity contribution in [2.24, 2.45) is 0 Å². The quantitative estimate of drug-likeness (QED) is 0.690. The Labute approximate surface area is 157 Å². The zero-order valence-corrected chi connectivity index (χ0v) is 15.3. The van der Waals surface area contributed by atoms with Crippen molar-refractivity contribution in [3.8, 4) is 0 Å². The second-order valence-electron chi connectivity index (χ2n) is 6.33. The summed E-state index contributed by atoms with van der Waals surface area (Å²) in [5.74, 6) is -0.00807. The Morgan fingerprint density at radius 3 is 2.70 bits per heavy atom. The summed E-state index contributed by atoms with van der Waals surface area (Å²) in [4.78, 5) is 20.7. The Morgan fingerprint density at radius 1 is 1.07 bits per heavy atom. The van der Waals surface area contributed by atoms with Crippen LogP contribution >= 0.6 is 0 Å². The highest BCUT2D eigenvalue weighted by atomic mass is 19.1. The fourth-order valence-corrected chi connectivity index (χ4v) is 2.66. The topological polar surface area (TPSA) is 66.9 Å². The fourth-order valence-electron chi connectivity index (χ4n) is 2.66. The summed E-state index contributed by atoms with van der Waals surface area (Å²) in [7, 11) is 0. The summed E-state index contributed by atoms with van der Waals surface area (Å²) in [6.07, 6.45) is 1.85. The number of nitrogens with zero attached hydrogens (tertiary/aromatic N) is 2. The monoisotopic (exact) mass is 364 g/mol. The van der Waals surface area contributed by atoms with Gasteiger partial charge in [-0.05, 0) is 49.1 Å². The van der Waals surface area contributed by atoms with E-state index in [1.807, 2.05) is 32.0 Å². The summed E-state index contributed by atoms with van der Waals surface area (Å²) >= 11 is 0. The molecular weight excluding hydrogens is 343 g/mol. The van der Waals surface area contributed by atoms with Crippen LogP contribution in [0.15, 0.2) is 54.9 Å². The Kier molecular flexibility index (Phi) is 5.76. The van der Waals surface area contributed by atoms with E-state index in [1.165, 1.54) is 12.4 Å². The highest BCUT2D eigenvalue weighted by Crippen LogP contribution is 2.17. The molecule has 0 unspecified atom stereocenters. The number of nitrogens with one attached hydrogen (secondary N) is 2. The van der Waals surface area contributed by atoms with Gasteiger partial charge in [0.2, 0.25) is 0 Å². The van der Waals surface area contributed by atoms with E-state index in [9.17, 15) is 9.18 Å². The number of aryl methyl sites for hydroxylation is 2. The van der Waals surface area contributed by atoms with Crippen molar-refractivity contribution < 1.29 is 9.18 Å². The molecule has 1 aromatic heterocycles. The van der Waals surface area contributed by atoms with Crippen LogP contribution in [0.2, 0.25) is 0 Å². The molecule has 0 saturated carbocycles. The van der Waals surface area contributed by atoms with E-state index < -0.39 is 0 Å². The minimum atomic E-state index is -0.303. The highest BCUT2D eigenvalue weighted by Gasteiger charge is 2.11. The third-order valence-electron chi connectivity index (χ3n) is 4.20. The minimum absolute atomic E-state index is 0.226. The van der Waals surface area contributed by atoms with Gasteiger partial charge in [-0.25, -0.2) is 14.4 Å². The van der Waals surface area contributed by atoms with Crippen LogP contribution in [0.4, 0.5) is 15.9 Å². The van der Waals surface area contributed by atoms with E-state index in [0.717, 1.165) is 16.8 Å². The zero-order chi connectivity index (χ0) is 19.2. The van der Waals surface area contributed by atoms with Gasteiger partial charge in [-0.2, -0.15) is 0 Å². The molecule has 138 valence electrons. The summed E-state index contributed by atoms with van der Waals surface area (Å²) < 4.78 is 13.6. The molecule has 0 aliphatic heterocycles. The van der Waals surface area contributed by atoms with Gasteiger partial charge in [0.15, 0.2) is 0 Å². The number of halogens is 1. The molecule has 1 amide bonds. The van der Waals surface area contributed by atoms with Gasteiger partial charge in [0, 0.05) is 18.3 Å². The number of anilines is 2. The maximum absolute atomic E-state index is 13.6. The smallest absolute Gasteiger partial charge is 0.274 e. The first-order chi connectivity index (χ1) is 13.0. The van der Waals surface area contributed by atoms with E-state index in [1.54, 1.807) is 24.3 Å². The van der Waals surface area contributed by atoms with Gasteiger partial charge in [-0.3, -0.25) is 4.79 Å². The number of carbonyl (C=O) groups is 1. The Balaban J connectivity index is 1.63. The number of benzene rings is 2. The molecule has 0 spiro atoms. The van der Waals surface area contributed by atoms with E-state index in [0.29, 0.717) is 24.3 Å². The number of aromatic nitrogens is 2. The molecule has 2 N–H and O–H groups in total. The first kappa shape index (κ1) is 18.5. The third-order valence-corrected chi connectivity index (χ3v) is 4.20. The van der Waals surface area contributed by atoms with Crippen molar-refractivity contribution in [3.05, 3.63) is 83.1 Å². The maximum atomic E-state index is 13.6. The van der Waals surface area contributed by atoms with E-state index in [-0.39, 0.29) is 17.4 Å². The van der Waals surface area contributed by atoms with Crippen molar-refractivity contribution in [1.82, 2.24) is 9.97 Å². The van der Waals surface area contributed by atoms with Crippen LogP contribution in [0.1, 0.15) is 27.2 Å². The number of hydrogen-bond donors (Lipinski definition) is 2. The molecule has 2 aromatic carbocycles. The van der Waals surface area contributed by atoms with Crippen LogP contribution < -0.4 is 10.6 Å². The fraction of sp³-hybridized carbons (Fsp3) is 0.190. The number of amides is 1. The second-order valence-corrected chi connectivity index (χ2v) is 6.33. The van der Waals surface area contributed by atoms with Gasteiger partial charge in [0.05, 0.1) is 0 Å². The van der Waals surface area contributed by atoms with Crippen molar-refractivity contribution in [2.45, 2.75) is 20.3 Å². The van der Waals surface area contributed by atoms with E-state index in [4.69, 9.17) is 0 Å².